The fourth-order valence-corrected chi connectivity index (χ4v) is 16.4. The first kappa shape index (κ1) is 80.3. The van der Waals surface area contributed by atoms with Crippen LogP contribution in [0.3, 0.4) is 0 Å². The van der Waals surface area contributed by atoms with Gasteiger partial charge in [-0.05, 0) is 80.4 Å². The van der Waals surface area contributed by atoms with Crippen molar-refractivity contribution in [2.24, 2.45) is 0 Å². The summed E-state index contributed by atoms with van der Waals surface area (Å²) < 4.78 is 63.1. The van der Waals surface area contributed by atoms with Crippen LogP contribution < -0.4 is 10.4 Å². The van der Waals surface area contributed by atoms with Gasteiger partial charge in [-0.15, -0.1) is 0 Å². The van der Waals surface area contributed by atoms with Crippen LogP contribution >= 0.6 is 8.38 Å². The van der Waals surface area contributed by atoms with Crippen LogP contribution in [0.4, 0.5) is 0 Å². The SMILES string of the molecule is C.C.C.C.CC[C@]12O[CH-][C@H](O[C@H]1C)[C@@H]2O.C[C@@H]1O[C@H]2[CH-]O[C@]1(CO)[C@H]2O.C[C@@H]1O[C@H]2[CH-]O[C@]1(CO[Si](c1ccccc1)(c1ccccc1)C(C)(C)C)[C@H]2O.[C-]#[N+]CCOP(C)O[C@H]1[C@@H]2[CH-]O[C@@]1(CC)[C@H](C)O2.[U].[U].[U].[U]. The van der Waals surface area contributed by atoms with E-state index in [0.717, 1.165) is 12.8 Å². The molecular formula is C54H88NO15PSiU4-4. The fourth-order valence-electron chi connectivity index (χ4n) is 10.8. The maximum absolute atomic E-state index is 10.7. The van der Waals surface area contributed by atoms with Gasteiger partial charge in [0.2, 0.25) is 6.54 Å². The Labute approximate surface area is 554 Å². The molecule has 10 rings (SSSR count). The molecule has 22 heteroatoms. The van der Waals surface area contributed by atoms with Crippen LogP contribution in [0.25, 0.3) is 4.85 Å². The van der Waals surface area contributed by atoms with E-state index in [2.05, 4.69) is 81.1 Å². The molecule has 0 aromatic heterocycles. The summed E-state index contributed by atoms with van der Waals surface area (Å²) in [5, 5.41) is 41.2. The molecule has 1 unspecified atom stereocenters. The quantitative estimate of drug-likeness (QED) is 0.0689. The first-order chi connectivity index (χ1) is 32.4. The van der Waals surface area contributed by atoms with Crippen LogP contribution in [-0.4, -0.2) is 157 Å². The Morgan fingerprint density at radius 1 is 0.618 bits per heavy atom. The Balaban J connectivity index is 0. The number of benzene rings is 2. The molecule has 0 spiro atoms. The van der Waals surface area contributed by atoms with Crippen LogP contribution in [0, 0.1) is 157 Å². The van der Waals surface area contributed by atoms with E-state index in [4.69, 9.17) is 63.0 Å². The largest absolute Gasteiger partial charge is 0.541 e. The normalized spacial score (nSPS) is 36.5. The second-order valence-corrected chi connectivity index (χ2v) is 25.3. The molecule has 16 nitrogen and oxygen atoms in total. The number of aliphatic hydroxyl groups excluding tert-OH is 4. The smallest absolute Gasteiger partial charge is 0.261 e. The van der Waals surface area contributed by atoms with Crippen molar-refractivity contribution in [1.29, 1.82) is 0 Å². The van der Waals surface area contributed by atoms with Gasteiger partial charge in [0.05, 0.1) is 73.2 Å². The van der Waals surface area contributed by atoms with Crippen LogP contribution in [-0.2, 0) is 51.4 Å². The summed E-state index contributed by atoms with van der Waals surface area (Å²) in [4.78, 5) is 3.25. The number of rotatable bonds is 13. The molecule has 4 N–H and O–H groups in total. The third-order valence-electron chi connectivity index (χ3n) is 15.1. The average molecular weight is 2000 g/mol. The van der Waals surface area contributed by atoms with E-state index in [1.54, 1.807) is 26.7 Å². The summed E-state index contributed by atoms with van der Waals surface area (Å²) >= 11 is 0. The van der Waals surface area contributed by atoms with E-state index in [1.165, 1.54) is 17.0 Å². The van der Waals surface area contributed by atoms with Crippen molar-refractivity contribution in [3.63, 3.8) is 0 Å². The van der Waals surface area contributed by atoms with E-state index in [1.807, 2.05) is 46.5 Å². The minimum absolute atomic E-state index is 0. The molecule has 8 saturated heterocycles. The minimum atomic E-state index is -2.68. The van der Waals surface area contributed by atoms with Crippen molar-refractivity contribution in [2.45, 2.75) is 206 Å². The molecule has 8 bridgehead atoms. The van der Waals surface area contributed by atoms with E-state index < -0.39 is 51.8 Å². The molecule has 0 amide bonds. The third kappa shape index (κ3) is 15.2. The number of fused-ring (bicyclic) bond motifs is 8. The third-order valence-corrected chi connectivity index (χ3v) is 21.2. The maximum Gasteiger partial charge on any atom is 0.261 e. The molecule has 2 aromatic rings. The zero-order chi connectivity index (χ0) is 49.3. The first-order valence-electron chi connectivity index (χ1n) is 23.8. The summed E-state index contributed by atoms with van der Waals surface area (Å²) in [5.41, 5.74) is -2.57. The Morgan fingerprint density at radius 2 is 0.987 bits per heavy atom. The molecule has 8 fully saturated rings. The minimum Gasteiger partial charge on any atom is -0.541 e. The molecular weight excluding hydrogens is 1910 g/mol. The molecule has 0 saturated carbocycles. The van der Waals surface area contributed by atoms with Crippen molar-refractivity contribution >= 4 is 27.1 Å². The summed E-state index contributed by atoms with van der Waals surface area (Å²) in [6.07, 6.45) is -1.82. The molecule has 8 aliphatic rings. The summed E-state index contributed by atoms with van der Waals surface area (Å²) in [6, 6.07) is 21.0. The van der Waals surface area contributed by atoms with Crippen molar-refractivity contribution in [3.8, 4) is 0 Å². The molecule has 0 aliphatic carbocycles. The molecule has 428 valence electrons. The van der Waals surface area contributed by atoms with Crippen molar-refractivity contribution in [1.82, 2.24) is 0 Å². The first-order valence-corrected chi connectivity index (χ1v) is 27.3. The van der Waals surface area contributed by atoms with E-state index >= 15 is 0 Å². The monoisotopic (exact) mass is 2000 g/mol. The molecule has 76 heavy (non-hydrogen) atoms. The number of hydrogen-bond acceptors (Lipinski definition) is 15. The number of ether oxygens (including phenoxy) is 8. The van der Waals surface area contributed by atoms with Crippen molar-refractivity contribution in [2.75, 3.05) is 33.0 Å². The van der Waals surface area contributed by atoms with Gasteiger partial charge in [0, 0.05) is 131 Å². The zero-order valence-electron chi connectivity index (χ0n) is 42.9. The zero-order valence-corrected chi connectivity index (χ0v) is 61.5. The predicted molar refractivity (Wildman–Crippen MR) is 281 cm³/mol. The average Bonchev–Trinajstić information content (AvgIpc) is 4.20. The number of hydrogen-bond donors (Lipinski definition) is 4. The summed E-state index contributed by atoms with van der Waals surface area (Å²) in [5.74, 6) is 0. The van der Waals surface area contributed by atoms with Gasteiger partial charge in [-0.1, -0.05) is 125 Å². The number of nitrogens with zero attached hydrogens (tertiary/aromatic N) is 1. The molecule has 2 aromatic carbocycles. The second-order valence-electron chi connectivity index (χ2n) is 19.6. The molecule has 17 atom stereocenters. The second kappa shape index (κ2) is 33.8. The molecule has 8 aliphatic heterocycles. The molecule has 8 heterocycles. The Morgan fingerprint density at radius 3 is 1.30 bits per heavy atom. The van der Waals surface area contributed by atoms with Gasteiger partial charge in [0.15, 0.2) is 8.38 Å². The van der Waals surface area contributed by atoms with Gasteiger partial charge >= 0.3 is 0 Å². The Hall–Kier alpha value is 2.18. The van der Waals surface area contributed by atoms with E-state index in [0.29, 0.717) is 13.2 Å². The van der Waals surface area contributed by atoms with Crippen LogP contribution in [0.5, 0.6) is 0 Å². The maximum atomic E-state index is 10.7. The van der Waals surface area contributed by atoms with Gasteiger partial charge in [-0.25, -0.2) is 6.57 Å². The van der Waals surface area contributed by atoms with E-state index in [-0.39, 0.29) is 233 Å². The van der Waals surface area contributed by atoms with Crippen LogP contribution in [0.15, 0.2) is 60.7 Å². The summed E-state index contributed by atoms with van der Waals surface area (Å²) in [6.45, 7) is 34.4. The van der Waals surface area contributed by atoms with E-state index in [9.17, 15) is 15.3 Å². The predicted octanol–water partition coefficient (Wildman–Crippen LogP) is 7.10. The Kier molecular flexibility index (Phi) is 35.7. The Bertz CT molecular complexity index is 1930. The van der Waals surface area contributed by atoms with Gasteiger partial charge < -0.3 is 76.6 Å². The molecule has 0 radical (unpaired) electrons. The fraction of sp³-hybridized carbons (Fsp3) is 0.685. The van der Waals surface area contributed by atoms with Gasteiger partial charge in [-0.3, -0.25) is 0 Å². The van der Waals surface area contributed by atoms with Crippen molar-refractivity contribution in [3.05, 3.63) is 98.5 Å². The van der Waals surface area contributed by atoms with Crippen LogP contribution in [0.2, 0.25) is 5.04 Å². The summed E-state index contributed by atoms with van der Waals surface area (Å²) in [7, 11) is -3.68. The van der Waals surface area contributed by atoms with Gasteiger partial charge in [0.25, 0.3) is 8.32 Å². The van der Waals surface area contributed by atoms with Crippen LogP contribution in [0.1, 0.15) is 105 Å². The van der Waals surface area contributed by atoms with Crippen molar-refractivity contribution < 1.29 is 196 Å². The topological polar surface area (TPSA) is 187 Å². The van der Waals surface area contributed by atoms with Gasteiger partial charge in [-0.2, -0.15) is 26.4 Å². The number of aliphatic hydroxyl groups is 4. The van der Waals surface area contributed by atoms with Gasteiger partial charge in [0.1, 0.15) is 17.8 Å². The standard InChI is InChI=1S/C23H29O4Si.C12H19NO4P.C8H13O3.C7H11O4.4CH4.4U/c1-17-23(21(24)20(27-17)15-25-23)16-26-28(22(2,3)4,18-11-7-5-8-12-18)19-13-9-6-10-14-19;1-5-12-9(2)16-10(8-14-12)11(12)17-18(4)15-7-6-13-3;1-3-8-5(2)11-6(4-10-8)7(8)9;1-4-7(3-8)6(9)5(11-4)2-10-7;;;;;;;;/h5-15,17,20-21,24H,16H2,1-4H3;8-11H,5-7H2,1-2,4H3;4-7,9H,3H2,1-2H3;2,4-6,8-9H,3H2,1H3;4*1H4;;;;/q4*-1;;;;;;;;/t17-,20-,21-,23-;9-,10-,11-,12-,18?;5-,6-,7-,8-;4-,5-,6-,7-;;;;;;;;/m0000......../s1.